The van der Waals surface area contributed by atoms with Crippen molar-refractivity contribution in [2.75, 3.05) is 0 Å². The van der Waals surface area contributed by atoms with Crippen molar-refractivity contribution in [3.05, 3.63) is 41.3 Å². The van der Waals surface area contributed by atoms with E-state index in [-0.39, 0.29) is 5.71 Å². The first-order valence-corrected chi connectivity index (χ1v) is 6.91. The van der Waals surface area contributed by atoms with Crippen LogP contribution in [0.25, 0.3) is 11.3 Å². The Morgan fingerprint density at radius 1 is 1.26 bits per heavy atom. The van der Waals surface area contributed by atoms with Gasteiger partial charge in [0.15, 0.2) is 0 Å². The van der Waals surface area contributed by atoms with Gasteiger partial charge in [0.25, 0.3) is 0 Å². The zero-order valence-electron chi connectivity index (χ0n) is 11.8. The van der Waals surface area contributed by atoms with Gasteiger partial charge in [-0.25, -0.2) is 4.98 Å². The molecule has 3 rings (SSSR count). The van der Waals surface area contributed by atoms with Crippen molar-refractivity contribution in [1.29, 1.82) is 0 Å². The Kier molecular flexibility index (Phi) is 3.61. The number of aromatic nitrogens is 2. The van der Waals surface area contributed by atoms with Crippen LogP contribution in [-0.2, 0) is 11.9 Å². The van der Waals surface area contributed by atoms with Gasteiger partial charge in [-0.1, -0.05) is 29.4 Å². The maximum Gasteiger partial charge on any atom is 0.458 e. The first-order valence-electron chi connectivity index (χ1n) is 6.53. The van der Waals surface area contributed by atoms with E-state index in [1.165, 1.54) is 0 Å². The average molecular weight is 346 g/mol. The van der Waals surface area contributed by atoms with E-state index >= 15 is 0 Å². The van der Waals surface area contributed by atoms with Gasteiger partial charge in [0, 0.05) is 7.05 Å². The van der Waals surface area contributed by atoms with Gasteiger partial charge in [0.1, 0.15) is 0 Å². The molecule has 1 aromatic carbocycles. The number of hydrogen-bond acceptors (Lipinski definition) is 4. The van der Waals surface area contributed by atoms with Crippen LogP contribution in [0, 0.1) is 0 Å². The lowest BCUT2D eigenvalue weighted by molar-refractivity contribution is -0.355. The largest absolute Gasteiger partial charge is 0.458 e. The average Bonchev–Trinajstić information content (AvgIpc) is 3.05. The highest BCUT2D eigenvalue weighted by Crippen LogP contribution is 2.39. The Bertz CT molecular complexity index is 771. The molecule has 0 aliphatic carbocycles. The van der Waals surface area contributed by atoms with Crippen molar-refractivity contribution >= 4 is 17.3 Å². The number of oxime groups is 1. The summed E-state index contributed by atoms with van der Waals surface area (Å²) >= 11 is 5.87. The molecule has 0 bridgehead atoms. The number of alkyl halides is 3. The summed E-state index contributed by atoms with van der Waals surface area (Å²) in [7, 11) is 1.75. The summed E-state index contributed by atoms with van der Waals surface area (Å²) in [6.45, 7) is 0. The maximum absolute atomic E-state index is 12.7. The van der Waals surface area contributed by atoms with E-state index in [9.17, 15) is 18.3 Å². The van der Waals surface area contributed by atoms with Gasteiger partial charge in [-0.3, -0.25) is 0 Å². The van der Waals surface area contributed by atoms with E-state index in [1.807, 2.05) is 0 Å². The number of aliphatic hydroxyl groups is 1. The molecule has 1 unspecified atom stereocenters. The second-order valence-electron chi connectivity index (χ2n) is 5.14. The van der Waals surface area contributed by atoms with Crippen LogP contribution < -0.4 is 0 Å². The minimum Gasteiger partial charge on any atom is -0.350 e. The Morgan fingerprint density at radius 3 is 2.35 bits per heavy atom. The van der Waals surface area contributed by atoms with Crippen LogP contribution in [0.3, 0.4) is 0 Å². The van der Waals surface area contributed by atoms with Gasteiger partial charge in [0.2, 0.25) is 5.28 Å². The molecule has 23 heavy (non-hydrogen) atoms. The second kappa shape index (κ2) is 5.24. The summed E-state index contributed by atoms with van der Waals surface area (Å²) in [5.41, 5.74) is 2.01. The summed E-state index contributed by atoms with van der Waals surface area (Å²) in [6, 6.07) is 6.60. The smallest absolute Gasteiger partial charge is 0.350 e. The molecule has 1 N–H and O–H groups in total. The third kappa shape index (κ3) is 2.68. The van der Waals surface area contributed by atoms with Gasteiger partial charge in [-0.15, -0.1) is 0 Å². The number of nitrogens with zero attached hydrogens (tertiary/aromatic N) is 3. The van der Waals surface area contributed by atoms with Crippen molar-refractivity contribution in [3.8, 4) is 11.3 Å². The van der Waals surface area contributed by atoms with E-state index in [0.29, 0.717) is 10.8 Å². The Hall–Kier alpha value is -2.06. The zero-order chi connectivity index (χ0) is 16.8. The lowest BCUT2D eigenvalue weighted by atomic mass is 10.0. The molecule has 0 saturated carbocycles. The standard InChI is InChI=1S/C14H11ClF3N3O2/c1-21-11(7-19-12(21)15)9-4-2-8(3-5-9)10-6-13(22,23-20-10)14(16,17)18/h2-5,7,22H,6H2,1H3. The molecule has 0 spiro atoms. The lowest BCUT2D eigenvalue weighted by Gasteiger charge is -2.22. The van der Waals surface area contributed by atoms with Gasteiger partial charge in [-0.05, 0) is 22.7 Å². The number of halogens is 4. The molecular formula is C14H11ClF3N3O2. The third-order valence-electron chi connectivity index (χ3n) is 3.60. The van der Waals surface area contributed by atoms with Crippen LogP contribution in [0.15, 0.2) is 35.6 Å². The Balaban J connectivity index is 1.83. The Labute approximate surface area is 134 Å². The fourth-order valence-electron chi connectivity index (χ4n) is 2.22. The molecular weight excluding hydrogens is 335 g/mol. The first kappa shape index (κ1) is 15.8. The molecule has 2 aromatic rings. The van der Waals surface area contributed by atoms with E-state index in [2.05, 4.69) is 15.0 Å². The molecule has 2 heterocycles. The van der Waals surface area contributed by atoms with Gasteiger partial charge < -0.3 is 14.5 Å². The normalized spacial score (nSPS) is 21.2. The molecule has 9 heteroatoms. The molecule has 1 atom stereocenters. The zero-order valence-corrected chi connectivity index (χ0v) is 12.6. The number of rotatable bonds is 2. The van der Waals surface area contributed by atoms with Crippen LogP contribution in [0.1, 0.15) is 12.0 Å². The van der Waals surface area contributed by atoms with Crippen molar-refractivity contribution in [1.82, 2.24) is 9.55 Å². The minimum absolute atomic E-state index is 0.0272. The molecule has 1 aliphatic rings. The number of hydrogen-bond donors (Lipinski definition) is 1. The fraction of sp³-hybridized carbons (Fsp3) is 0.286. The molecule has 122 valence electrons. The molecule has 0 amide bonds. The van der Waals surface area contributed by atoms with Gasteiger partial charge in [0.05, 0.1) is 24.0 Å². The Morgan fingerprint density at radius 2 is 1.87 bits per heavy atom. The second-order valence-corrected chi connectivity index (χ2v) is 5.48. The SMILES string of the molecule is Cn1c(-c2ccc(C3=NOC(O)(C(F)(F)F)C3)cc2)cnc1Cl. The summed E-state index contributed by atoms with van der Waals surface area (Å²) in [4.78, 5) is 8.16. The molecule has 0 radical (unpaired) electrons. The molecule has 0 fully saturated rings. The predicted octanol–water partition coefficient (Wildman–Crippen LogP) is 3.12. The van der Waals surface area contributed by atoms with Crippen molar-refractivity contribution in [2.24, 2.45) is 12.2 Å². The van der Waals surface area contributed by atoms with Crippen LogP contribution in [0.5, 0.6) is 0 Å². The van der Waals surface area contributed by atoms with Crippen LogP contribution in [0.4, 0.5) is 13.2 Å². The highest BCUT2D eigenvalue weighted by molar-refractivity contribution is 6.28. The summed E-state index contributed by atoms with van der Waals surface area (Å²) in [5, 5.41) is 13.1. The van der Waals surface area contributed by atoms with Crippen molar-refractivity contribution in [3.63, 3.8) is 0 Å². The molecule has 1 aliphatic heterocycles. The fourth-order valence-corrected chi connectivity index (χ4v) is 2.36. The number of benzene rings is 1. The molecule has 1 aromatic heterocycles. The highest BCUT2D eigenvalue weighted by Gasteiger charge is 2.60. The quantitative estimate of drug-likeness (QED) is 0.909. The summed E-state index contributed by atoms with van der Waals surface area (Å²) < 4.78 is 39.8. The van der Waals surface area contributed by atoms with Gasteiger partial charge >= 0.3 is 12.0 Å². The van der Waals surface area contributed by atoms with E-state index in [0.717, 1.165) is 11.3 Å². The predicted molar refractivity (Wildman–Crippen MR) is 76.9 cm³/mol. The minimum atomic E-state index is -4.91. The van der Waals surface area contributed by atoms with Crippen LogP contribution >= 0.6 is 11.6 Å². The summed E-state index contributed by atoms with van der Waals surface area (Å²) in [5.74, 6) is -3.27. The molecule has 0 saturated heterocycles. The summed E-state index contributed by atoms with van der Waals surface area (Å²) in [6.07, 6.45) is -4.08. The van der Waals surface area contributed by atoms with Crippen LogP contribution in [0.2, 0.25) is 5.28 Å². The van der Waals surface area contributed by atoms with Crippen LogP contribution in [-0.4, -0.2) is 32.3 Å². The lowest BCUT2D eigenvalue weighted by Crippen LogP contribution is -2.45. The number of imidazole rings is 1. The van der Waals surface area contributed by atoms with E-state index in [1.54, 1.807) is 42.1 Å². The van der Waals surface area contributed by atoms with E-state index < -0.39 is 18.4 Å². The maximum atomic E-state index is 12.7. The third-order valence-corrected chi connectivity index (χ3v) is 3.95. The van der Waals surface area contributed by atoms with Crippen molar-refractivity contribution in [2.45, 2.75) is 18.4 Å². The highest BCUT2D eigenvalue weighted by atomic mass is 35.5. The first-order chi connectivity index (χ1) is 10.7. The monoisotopic (exact) mass is 345 g/mol. The van der Waals surface area contributed by atoms with Gasteiger partial charge in [-0.2, -0.15) is 13.2 Å². The van der Waals surface area contributed by atoms with Crippen molar-refractivity contribution < 1.29 is 23.1 Å². The molecule has 5 nitrogen and oxygen atoms in total. The topological polar surface area (TPSA) is 59.6 Å². The van der Waals surface area contributed by atoms with E-state index in [4.69, 9.17) is 11.6 Å².